The molecule has 0 atom stereocenters. The van der Waals surface area contributed by atoms with Gasteiger partial charge < -0.3 is 14.8 Å². The third-order valence-electron chi connectivity index (χ3n) is 6.96. The molecule has 40 heavy (non-hydrogen) atoms. The number of benzene rings is 2. The maximum Gasteiger partial charge on any atom is 0.338 e. The molecule has 10 heteroatoms. The van der Waals surface area contributed by atoms with E-state index >= 15 is 0 Å². The maximum atomic E-state index is 12.8. The Morgan fingerprint density at radius 1 is 1.12 bits per heavy atom. The number of aryl methyl sites for hydroxylation is 1. The molecule has 1 saturated carbocycles. The number of hydrogen-bond donors (Lipinski definition) is 1. The third-order valence-corrected chi connectivity index (χ3v) is 8.75. The summed E-state index contributed by atoms with van der Waals surface area (Å²) in [6.45, 7) is 8.76. The van der Waals surface area contributed by atoms with Crippen LogP contribution in [0.1, 0.15) is 92.1 Å². The molecule has 1 heterocycles. The second-order valence-corrected chi connectivity index (χ2v) is 12.1. The molecular weight excluding hydrogens is 592 g/mol. The van der Waals surface area contributed by atoms with E-state index < -0.39 is 0 Å². The van der Waals surface area contributed by atoms with Crippen molar-refractivity contribution < 1.29 is 19.1 Å². The second kappa shape index (κ2) is 14.2. The summed E-state index contributed by atoms with van der Waals surface area (Å²) in [7, 11) is 0. The van der Waals surface area contributed by atoms with Crippen molar-refractivity contribution in [1.82, 2.24) is 14.8 Å². The molecule has 2 aromatic carbocycles. The SMILES string of the molecule is CCOC(=O)c1ccc(NC(=O)CSc2nnc(COc3cc(C)c(Br)cc3C(C)C)n2C2CCCCC2)cc1. The van der Waals surface area contributed by atoms with E-state index in [1.165, 1.54) is 31.0 Å². The van der Waals surface area contributed by atoms with Gasteiger partial charge in [-0.25, -0.2) is 4.79 Å². The summed E-state index contributed by atoms with van der Waals surface area (Å²) in [5, 5.41) is 12.6. The van der Waals surface area contributed by atoms with E-state index in [0.29, 0.717) is 36.4 Å². The summed E-state index contributed by atoms with van der Waals surface area (Å²) in [5.41, 5.74) is 3.32. The zero-order chi connectivity index (χ0) is 28.6. The van der Waals surface area contributed by atoms with Crippen molar-refractivity contribution in [3.63, 3.8) is 0 Å². The Morgan fingerprint density at radius 3 is 2.52 bits per heavy atom. The van der Waals surface area contributed by atoms with E-state index in [9.17, 15) is 9.59 Å². The van der Waals surface area contributed by atoms with Crippen LogP contribution < -0.4 is 10.1 Å². The summed E-state index contributed by atoms with van der Waals surface area (Å²) in [4.78, 5) is 24.6. The number of carbonyl (C=O) groups excluding carboxylic acids is 2. The van der Waals surface area contributed by atoms with Gasteiger partial charge >= 0.3 is 5.97 Å². The summed E-state index contributed by atoms with van der Waals surface area (Å²) >= 11 is 5.02. The Bertz CT molecular complexity index is 1320. The highest BCUT2D eigenvalue weighted by Gasteiger charge is 2.24. The van der Waals surface area contributed by atoms with Gasteiger partial charge in [0, 0.05) is 16.2 Å². The summed E-state index contributed by atoms with van der Waals surface area (Å²) in [6.07, 6.45) is 5.69. The number of nitrogens with one attached hydrogen (secondary N) is 1. The zero-order valence-electron chi connectivity index (χ0n) is 23.5. The molecule has 0 spiro atoms. The average molecular weight is 630 g/mol. The van der Waals surface area contributed by atoms with Crippen LogP contribution in [0.2, 0.25) is 0 Å². The number of nitrogens with zero attached hydrogens (tertiary/aromatic N) is 3. The van der Waals surface area contributed by atoms with Crippen molar-refractivity contribution in [3.8, 4) is 5.75 Å². The molecule has 0 unspecified atom stereocenters. The van der Waals surface area contributed by atoms with Gasteiger partial charge in [0.1, 0.15) is 12.4 Å². The Morgan fingerprint density at radius 2 is 1.85 bits per heavy atom. The molecule has 1 aliphatic rings. The largest absolute Gasteiger partial charge is 0.485 e. The quantitative estimate of drug-likeness (QED) is 0.174. The van der Waals surface area contributed by atoms with Crippen molar-refractivity contribution in [2.45, 2.75) is 83.5 Å². The normalized spacial score (nSPS) is 13.8. The number of carbonyl (C=O) groups is 2. The van der Waals surface area contributed by atoms with Gasteiger partial charge in [0.15, 0.2) is 11.0 Å². The lowest BCUT2D eigenvalue weighted by molar-refractivity contribution is -0.113. The molecule has 1 amide bonds. The molecule has 1 N–H and O–H groups in total. The number of anilines is 1. The van der Waals surface area contributed by atoms with Gasteiger partial charge in [-0.2, -0.15) is 0 Å². The van der Waals surface area contributed by atoms with E-state index in [4.69, 9.17) is 9.47 Å². The standard InChI is InChI=1S/C30H37BrN4O4S/c1-5-38-29(37)21-11-13-22(14-12-21)32-28(36)18-40-30-34-33-27(35(30)23-9-7-6-8-10-23)17-39-26-15-20(4)25(31)16-24(26)19(2)3/h11-16,19,23H,5-10,17-18H2,1-4H3,(H,32,36). The predicted octanol–water partition coefficient (Wildman–Crippen LogP) is 7.46. The van der Waals surface area contributed by atoms with Crippen LogP contribution >= 0.6 is 27.7 Å². The van der Waals surface area contributed by atoms with E-state index in [-0.39, 0.29) is 17.6 Å². The molecule has 4 rings (SSSR count). The van der Waals surface area contributed by atoms with Gasteiger partial charge in [0.05, 0.1) is 17.9 Å². The number of amides is 1. The van der Waals surface area contributed by atoms with Crippen LogP contribution in [0.15, 0.2) is 46.0 Å². The molecule has 1 fully saturated rings. The van der Waals surface area contributed by atoms with Gasteiger partial charge in [-0.1, -0.05) is 60.8 Å². The lowest BCUT2D eigenvalue weighted by Gasteiger charge is -2.25. The lowest BCUT2D eigenvalue weighted by Crippen LogP contribution is -2.19. The van der Waals surface area contributed by atoms with Crippen LogP contribution in [0.5, 0.6) is 5.75 Å². The van der Waals surface area contributed by atoms with E-state index in [0.717, 1.165) is 45.2 Å². The molecule has 0 saturated heterocycles. The third kappa shape index (κ3) is 7.66. The van der Waals surface area contributed by atoms with Crippen molar-refractivity contribution in [3.05, 3.63) is 63.4 Å². The molecule has 0 bridgehead atoms. The highest BCUT2D eigenvalue weighted by Crippen LogP contribution is 2.35. The van der Waals surface area contributed by atoms with Crippen LogP contribution in [0.25, 0.3) is 0 Å². The Labute approximate surface area is 248 Å². The van der Waals surface area contributed by atoms with Crippen molar-refractivity contribution in [2.75, 3.05) is 17.7 Å². The molecule has 1 aromatic heterocycles. The van der Waals surface area contributed by atoms with E-state index in [1.807, 2.05) is 0 Å². The first-order valence-corrected chi connectivity index (χ1v) is 15.6. The fourth-order valence-corrected chi connectivity index (χ4v) is 6.02. The molecule has 0 aliphatic heterocycles. The van der Waals surface area contributed by atoms with Crippen LogP contribution in [0.4, 0.5) is 5.69 Å². The maximum absolute atomic E-state index is 12.8. The van der Waals surface area contributed by atoms with Crippen LogP contribution in [-0.4, -0.2) is 39.0 Å². The fourth-order valence-electron chi connectivity index (χ4n) is 4.83. The highest BCUT2D eigenvalue weighted by molar-refractivity contribution is 9.10. The highest BCUT2D eigenvalue weighted by atomic mass is 79.9. The smallest absolute Gasteiger partial charge is 0.338 e. The monoisotopic (exact) mass is 628 g/mol. The zero-order valence-corrected chi connectivity index (χ0v) is 25.9. The van der Waals surface area contributed by atoms with Gasteiger partial charge in [0.2, 0.25) is 5.91 Å². The van der Waals surface area contributed by atoms with Gasteiger partial charge in [-0.3, -0.25) is 9.36 Å². The number of thioether (sulfide) groups is 1. The Kier molecular flexibility index (Phi) is 10.7. The molecule has 0 radical (unpaired) electrons. The fraction of sp³-hybridized carbons (Fsp3) is 0.467. The van der Waals surface area contributed by atoms with Crippen molar-refractivity contribution >= 4 is 45.3 Å². The summed E-state index contributed by atoms with van der Waals surface area (Å²) < 4.78 is 14.6. The number of hydrogen-bond acceptors (Lipinski definition) is 7. The van der Waals surface area contributed by atoms with Crippen molar-refractivity contribution in [1.29, 1.82) is 0 Å². The van der Waals surface area contributed by atoms with Gasteiger partial charge in [-0.05, 0) is 80.1 Å². The second-order valence-electron chi connectivity index (χ2n) is 10.3. The van der Waals surface area contributed by atoms with E-state index in [2.05, 4.69) is 68.9 Å². The number of rotatable bonds is 11. The molecule has 214 valence electrons. The molecule has 8 nitrogen and oxygen atoms in total. The van der Waals surface area contributed by atoms with Gasteiger partial charge in [-0.15, -0.1) is 10.2 Å². The average Bonchev–Trinajstić information content (AvgIpc) is 3.36. The minimum absolute atomic E-state index is 0.156. The number of aromatic nitrogens is 3. The first-order valence-electron chi connectivity index (χ1n) is 13.8. The Balaban J connectivity index is 1.45. The topological polar surface area (TPSA) is 95.3 Å². The summed E-state index contributed by atoms with van der Waals surface area (Å²) in [6, 6.07) is 11.2. The molecule has 3 aromatic rings. The van der Waals surface area contributed by atoms with Crippen molar-refractivity contribution in [2.24, 2.45) is 0 Å². The number of halogens is 1. The first-order chi connectivity index (χ1) is 19.3. The van der Waals surface area contributed by atoms with Gasteiger partial charge in [0.25, 0.3) is 0 Å². The Hall–Kier alpha value is -2.85. The van der Waals surface area contributed by atoms with Crippen LogP contribution in [0.3, 0.4) is 0 Å². The first kappa shape index (κ1) is 30.1. The lowest BCUT2D eigenvalue weighted by atomic mass is 9.95. The molecule has 1 aliphatic carbocycles. The molecular formula is C30H37BrN4O4S. The number of esters is 1. The minimum Gasteiger partial charge on any atom is -0.485 e. The predicted molar refractivity (Wildman–Crippen MR) is 161 cm³/mol. The van der Waals surface area contributed by atoms with E-state index in [1.54, 1.807) is 31.2 Å². The van der Waals surface area contributed by atoms with Crippen LogP contribution in [0, 0.1) is 6.92 Å². The summed E-state index contributed by atoms with van der Waals surface area (Å²) in [5.74, 6) is 1.60. The minimum atomic E-state index is -0.381. The number of ether oxygens (including phenoxy) is 2. The van der Waals surface area contributed by atoms with Crippen LogP contribution in [-0.2, 0) is 16.1 Å².